The summed E-state index contributed by atoms with van der Waals surface area (Å²) >= 11 is 5.89. The van der Waals surface area contributed by atoms with Gasteiger partial charge in [-0.3, -0.25) is 0 Å². The Kier molecular flexibility index (Phi) is 6.97. The number of halogens is 2. The van der Waals surface area contributed by atoms with Crippen LogP contribution in [-0.4, -0.2) is 29.2 Å². The van der Waals surface area contributed by atoms with E-state index in [0.717, 1.165) is 17.7 Å². The summed E-state index contributed by atoms with van der Waals surface area (Å²) in [6.45, 7) is 3.76. The summed E-state index contributed by atoms with van der Waals surface area (Å²) in [7, 11) is 0. The molecule has 8 heteroatoms. The number of hydrogen-bond donors (Lipinski definition) is 2. The SMILES string of the molecule is CCNC(=NCc1ccc(F)cc1)NCCc1nc(-c2ccc(Cl)cc2)no1. The van der Waals surface area contributed by atoms with E-state index in [1.54, 1.807) is 24.3 Å². The summed E-state index contributed by atoms with van der Waals surface area (Å²) in [4.78, 5) is 8.90. The van der Waals surface area contributed by atoms with Gasteiger partial charge in [0.05, 0.1) is 6.54 Å². The molecule has 0 aliphatic carbocycles. The highest BCUT2D eigenvalue weighted by Gasteiger charge is 2.08. The maximum atomic E-state index is 13.0. The number of guanidine groups is 1. The molecule has 1 heterocycles. The summed E-state index contributed by atoms with van der Waals surface area (Å²) < 4.78 is 18.3. The average Bonchev–Trinajstić information content (AvgIpc) is 3.17. The first-order valence-electron chi connectivity index (χ1n) is 8.99. The van der Waals surface area contributed by atoms with Gasteiger partial charge < -0.3 is 15.2 Å². The third-order valence-corrected chi connectivity index (χ3v) is 4.13. The molecule has 2 N–H and O–H groups in total. The fourth-order valence-electron chi connectivity index (χ4n) is 2.46. The Morgan fingerprint density at radius 3 is 2.57 bits per heavy atom. The number of aromatic nitrogens is 2. The van der Waals surface area contributed by atoms with Crippen molar-refractivity contribution in [3.05, 3.63) is 70.8 Å². The molecule has 0 bridgehead atoms. The fourth-order valence-corrected chi connectivity index (χ4v) is 2.59. The van der Waals surface area contributed by atoms with Crippen LogP contribution < -0.4 is 10.6 Å². The van der Waals surface area contributed by atoms with Gasteiger partial charge in [0.15, 0.2) is 5.96 Å². The van der Waals surface area contributed by atoms with Gasteiger partial charge in [-0.1, -0.05) is 28.9 Å². The molecule has 0 unspecified atom stereocenters. The Morgan fingerprint density at radius 2 is 1.86 bits per heavy atom. The molecule has 2 aromatic carbocycles. The zero-order valence-electron chi connectivity index (χ0n) is 15.5. The second-order valence-electron chi connectivity index (χ2n) is 6.02. The zero-order chi connectivity index (χ0) is 19.8. The largest absolute Gasteiger partial charge is 0.357 e. The predicted octanol–water partition coefficient (Wildman–Crippen LogP) is 3.83. The smallest absolute Gasteiger partial charge is 0.228 e. The first kappa shape index (κ1) is 19.8. The molecule has 0 atom stereocenters. The summed E-state index contributed by atoms with van der Waals surface area (Å²) in [5.41, 5.74) is 1.78. The van der Waals surface area contributed by atoms with E-state index in [1.165, 1.54) is 12.1 Å². The monoisotopic (exact) mass is 401 g/mol. The molecule has 3 aromatic rings. The molecule has 146 valence electrons. The lowest BCUT2D eigenvalue weighted by molar-refractivity contribution is 0.378. The second-order valence-corrected chi connectivity index (χ2v) is 6.45. The molecule has 0 fully saturated rings. The van der Waals surface area contributed by atoms with Crippen molar-refractivity contribution in [3.63, 3.8) is 0 Å². The number of benzene rings is 2. The molecule has 0 aliphatic rings. The first-order valence-corrected chi connectivity index (χ1v) is 9.37. The van der Waals surface area contributed by atoms with Crippen LogP contribution in [0.15, 0.2) is 58.0 Å². The van der Waals surface area contributed by atoms with E-state index in [-0.39, 0.29) is 5.82 Å². The normalized spacial score (nSPS) is 11.5. The van der Waals surface area contributed by atoms with Crippen LogP contribution in [0.25, 0.3) is 11.4 Å². The quantitative estimate of drug-likeness (QED) is 0.465. The summed E-state index contributed by atoms with van der Waals surface area (Å²) in [5, 5.41) is 11.1. The lowest BCUT2D eigenvalue weighted by Gasteiger charge is -2.10. The number of nitrogens with one attached hydrogen (secondary N) is 2. The van der Waals surface area contributed by atoms with E-state index in [2.05, 4.69) is 25.8 Å². The van der Waals surface area contributed by atoms with Crippen LogP contribution in [-0.2, 0) is 13.0 Å². The van der Waals surface area contributed by atoms with Crippen LogP contribution in [0.2, 0.25) is 5.02 Å². The van der Waals surface area contributed by atoms with Crippen molar-refractivity contribution in [1.82, 2.24) is 20.8 Å². The van der Waals surface area contributed by atoms with Gasteiger partial charge in [0.2, 0.25) is 11.7 Å². The van der Waals surface area contributed by atoms with Crippen molar-refractivity contribution in [1.29, 1.82) is 0 Å². The number of rotatable bonds is 7. The van der Waals surface area contributed by atoms with Crippen molar-refractivity contribution >= 4 is 17.6 Å². The molecular formula is C20H21ClFN5O. The Morgan fingerprint density at radius 1 is 1.11 bits per heavy atom. The number of aliphatic imine (C=N–C) groups is 1. The van der Waals surface area contributed by atoms with E-state index >= 15 is 0 Å². The fraction of sp³-hybridized carbons (Fsp3) is 0.250. The van der Waals surface area contributed by atoms with Crippen LogP contribution >= 0.6 is 11.6 Å². The van der Waals surface area contributed by atoms with Crippen LogP contribution in [0.3, 0.4) is 0 Å². The summed E-state index contributed by atoms with van der Waals surface area (Å²) in [6.07, 6.45) is 0.557. The zero-order valence-corrected chi connectivity index (χ0v) is 16.2. The predicted molar refractivity (Wildman–Crippen MR) is 108 cm³/mol. The molecule has 0 amide bonds. The van der Waals surface area contributed by atoms with Crippen LogP contribution in [0.5, 0.6) is 0 Å². The maximum Gasteiger partial charge on any atom is 0.228 e. The van der Waals surface area contributed by atoms with E-state index < -0.39 is 0 Å². The lowest BCUT2D eigenvalue weighted by Crippen LogP contribution is -2.38. The molecule has 0 saturated carbocycles. The molecule has 1 aromatic heterocycles. The van der Waals surface area contributed by atoms with E-state index in [4.69, 9.17) is 16.1 Å². The minimum Gasteiger partial charge on any atom is -0.357 e. The van der Waals surface area contributed by atoms with Crippen LogP contribution in [0, 0.1) is 5.82 Å². The van der Waals surface area contributed by atoms with E-state index in [1.807, 2.05) is 19.1 Å². The Bertz CT molecular complexity index is 909. The van der Waals surface area contributed by atoms with Gasteiger partial charge in [0, 0.05) is 30.1 Å². The first-order chi connectivity index (χ1) is 13.6. The van der Waals surface area contributed by atoms with Crippen molar-refractivity contribution < 1.29 is 8.91 Å². The molecule has 0 spiro atoms. The van der Waals surface area contributed by atoms with Gasteiger partial charge in [-0.25, -0.2) is 9.38 Å². The topological polar surface area (TPSA) is 75.3 Å². The molecule has 0 aliphatic heterocycles. The van der Waals surface area contributed by atoms with Gasteiger partial charge in [-0.05, 0) is 48.9 Å². The Hall–Kier alpha value is -2.93. The maximum absolute atomic E-state index is 13.0. The highest BCUT2D eigenvalue weighted by Crippen LogP contribution is 2.18. The van der Waals surface area contributed by atoms with Gasteiger partial charge in [-0.15, -0.1) is 0 Å². The number of hydrogen-bond acceptors (Lipinski definition) is 4. The van der Waals surface area contributed by atoms with E-state index in [0.29, 0.717) is 42.2 Å². The number of nitrogens with zero attached hydrogens (tertiary/aromatic N) is 3. The lowest BCUT2D eigenvalue weighted by atomic mass is 10.2. The standard InChI is InChI=1S/C20H21ClFN5O/c1-2-23-20(25-13-14-3-9-17(22)10-4-14)24-12-11-18-26-19(27-28-18)15-5-7-16(21)8-6-15/h3-10H,2,11-13H2,1H3,(H2,23,24,25). The van der Waals surface area contributed by atoms with E-state index in [9.17, 15) is 4.39 Å². The molecule has 3 rings (SSSR count). The molecule has 6 nitrogen and oxygen atoms in total. The molecule has 28 heavy (non-hydrogen) atoms. The second kappa shape index (κ2) is 9.85. The highest BCUT2D eigenvalue weighted by molar-refractivity contribution is 6.30. The third kappa shape index (κ3) is 5.79. The van der Waals surface area contributed by atoms with Crippen LogP contribution in [0.4, 0.5) is 4.39 Å². The van der Waals surface area contributed by atoms with Crippen molar-refractivity contribution in [3.8, 4) is 11.4 Å². The molecule has 0 radical (unpaired) electrons. The van der Waals surface area contributed by atoms with Crippen molar-refractivity contribution in [2.24, 2.45) is 4.99 Å². The molecular weight excluding hydrogens is 381 g/mol. The van der Waals surface area contributed by atoms with Crippen molar-refractivity contribution in [2.45, 2.75) is 19.9 Å². The van der Waals surface area contributed by atoms with Gasteiger partial charge in [-0.2, -0.15) is 4.98 Å². The van der Waals surface area contributed by atoms with Crippen molar-refractivity contribution in [2.75, 3.05) is 13.1 Å². The minimum atomic E-state index is -0.254. The summed E-state index contributed by atoms with van der Waals surface area (Å²) in [6, 6.07) is 13.6. The van der Waals surface area contributed by atoms with Gasteiger partial charge >= 0.3 is 0 Å². The molecule has 0 saturated heterocycles. The summed E-state index contributed by atoms with van der Waals surface area (Å²) in [5.74, 6) is 1.48. The Labute approximate surface area is 167 Å². The average molecular weight is 402 g/mol. The van der Waals surface area contributed by atoms with Crippen LogP contribution in [0.1, 0.15) is 18.4 Å². The Balaban J connectivity index is 1.53. The van der Waals surface area contributed by atoms with Gasteiger partial charge in [0.25, 0.3) is 0 Å². The highest BCUT2D eigenvalue weighted by atomic mass is 35.5. The van der Waals surface area contributed by atoms with Gasteiger partial charge in [0.1, 0.15) is 5.82 Å². The minimum absolute atomic E-state index is 0.254. The third-order valence-electron chi connectivity index (χ3n) is 3.88.